The van der Waals surface area contributed by atoms with Gasteiger partial charge in [0.2, 0.25) is 5.88 Å². The second-order valence-electron chi connectivity index (χ2n) is 4.14. The maximum atomic E-state index is 13.0. The van der Waals surface area contributed by atoms with Gasteiger partial charge in [0, 0.05) is 6.54 Å². The summed E-state index contributed by atoms with van der Waals surface area (Å²) in [6, 6.07) is 4.36. The molecule has 0 fully saturated rings. The Morgan fingerprint density at radius 1 is 1.26 bits per heavy atom. The molecule has 2 aromatic rings. The predicted molar refractivity (Wildman–Crippen MR) is 70.6 cm³/mol. The number of halogens is 1. The summed E-state index contributed by atoms with van der Waals surface area (Å²) in [6.07, 6.45) is 3.23. The van der Waals surface area contributed by atoms with Crippen molar-refractivity contribution in [1.82, 2.24) is 15.3 Å². The van der Waals surface area contributed by atoms with Crippen LogP contribution in [0.1, 0.15) is 18.2 Å². The van der Waals surface area contributed by atoms with Crippen molar-refractivity contribution in [2.24, 2.45) is 0 Å². The Bertz CT molecular complexity index is 543. The van der Waals surface area contributed by atoms with Gasteiger partial charge in [0.05, 0.1) is 18.1 Å². The fourth-order valence-electron chi connectivity index (χ4n) is 1.58. The summed E-state index contributed by atoms with van der Waals surface area (Å²) in [4.78, 5) is 8.41. The number of ether oxygens (including phenoxy) is 1. The summed E-state index contributed by atoms with van der Waals surface area (Å²) < 4.78 is 18.5. The van der Waals surface area contributed by atoms with Gasteiger partial charge in [-0.1, -0.05) is 6.92 Å². The summed E-state index contributed by atoms with van der Waals surface area (Å²) in [5.74, 6) is 0.696. The highest BCUT2D eigenvalue weighted by Crippen LogP contribution is 2.23. The third-order valence-corrected chi connectivity index (χ3v) is 2.59. The number of nitrogens with zero attached hydrogens (tertiary/aromatic N) is 2. The standard InChI is InChI=1S/C14H16FN3O/c1-3-16-7-12-8-18-14(9-17-12)19-13-5-4-11(15)6-10(13)2/h4-6,8-9,16H,3,7H2,1-2H3. The molecule has 0 aliphatic heterocycles. The number of aryl methyl sites for hydroxylation is 1. The van der Waals surface area contributed by atoms with Gasteiger partial charge in [0.1, 0.15) is 11.6 Å². The lowest BCUT2D eigenvalue weighted by molar-refractivity contribution is 0.453. The molecule has 0 aliphatic carbocycles. The fourth-order valence-corrected chi connectivity index (χ4v) is 1.58. The predicted octanol–water partition coefficient (Wildman–Crippen LogP) is 2.83. The molecule has 0 atom stereocenters. The summed E-state index contributed by atoms with van der Waals surface area (Å²) in [5, 5.41) is 3.16. The Morgan fingerprint density at radius 2 is 2.11 bits per heavy atom. The Hall–Kier alpha value is -2.01. The van der Waals surface area contributed by atoms with Crippen molar-refractivity contribution in [1.29, 1.82) is 0 Å². The molecule has 0 unspecified atom stereocenters. The van der Waals surface area contributed by atoms with Crippen LogP contribution in [0.5, 0.6) is 11.6 Å². The lowest BCUT2D eigenvalue weighted by atomic mass is 10.2. The molecule has 1 aromatic heterocycles. The van der Waals surface area contributed by atoms with E-state index in [1.165, 1.54) is 12.1 Å². The Morgan fingerprint density at radius 3 is 2.74 bits per heavy atom. The molecule has 1 aromatic carbocycles. The largest absolute Gasteiger partial charge is 0.437 e. The lowest BCUT2D eigenvalue weighted by Gasteiger charge is -2.08. The minimum atomic E-state index is -0.281. The first-order chi connectivity index (χ1) is 9.19. The van der Waals surface area contributed by atoms with Crippen LogP contribution >= 0.6 is 0 Å². The van der Waals surface area contributed by atoms with Gasteiger partial charge >= 0.3 is 0 Å². The highest BCUT2D eigenvalue weighted by Gasteiger charge is 2.04. The second kappa shape index (κ2) is 6.24. The molecule has 0 bridgehead atoms. The zero-order valence-corrected chi connectivity index (χ0v) is 11.0. The zero-order valence-electron chi connectivity index (χ0n) is 11.0. The van der Waals surface area contributed by atoms with Crippen LogP contribution in [0.3, 0.4) is 0 Å². The highest BCUT2D eigenvalue weighted by atomic mass is 19.1. The molecule has 4 nitrogen and oxygen atoms in total. The highest BCUT2D eigenvalue weighted by molar-refractivity contribution is 5.35. The van der Waals surface area contributed by atoms with Crippen molar-refractivity contribution >= 4 is 0 Å². The molecule has 0 spiro atoms. The molecule has 19 heavy (non-hydrogen) atoms. The topological polar surface area (TPSA) is 47.0 Å². The van der Waals surface area contributed by atoms with Crippen molar-refractivity contribution in [2.45, 2.75) is 20.4 Å². The number of nitrogens with one attached hydrogen (secondary N) is 1. The Kier molecular flexibility index (Phi) is 4.41. The Balaban J connectivity index is 2.06. The Labute approximate surface area is 111 Å². The van der Waals surface area contributed by atoms with Crippen molar-refractivity contribution in [3.63, 3.8) is 0 Å². The molecular weight excluding hydrogens is 245 g/mol. The van der Waals surface area contributed by atoms with Gasteiger partial charge in [-0.3, -0.25) is 4.98 Å². The summed E-state index contributed by atoms with van der Waals surface area (Å²) >= 11 is 0. The van der Waals surface area contributed by atoms with Crippen molar-refractivity contribution in [3.8, 4) is 11.6 Å². The van der Waals surface area contributed by atoms with E-state index in [0.29, 0.717) is 18.2 Å². The SMILES string of the molecule is CCNCc1cnc(Oc2ccc(F)cc2C)cn1. The summed E-state index contributed by atoms with van der Waals surface area (Å²) in [7, 11) is 0. The van der Waals surface area contributed by atoms with E-state index in [-0.39, 0.29) is 5.82 Å². The first-order valence-electron chi connectivity index (χ1n) is 6.14. The molecule has 0 saturated carbocycles. The van der Waals surface area contributed by atoms with Crippen molar-refractivity contribution in [2.75, 3.05) is 6.54 Å². The van der Waals surface area contributed by atoms with Crippen LogP contribution in [0.4, 0.5) is 4.39 Å². The third kappa shape index (κ3) is 3.72. The number of rotatable bonds is 5. The van der Waals surface area contributed by atoms with Crippen LogP contribution in [-0.4, -0.2) is 16.5 Å². The van der Waals surface area contributed by atoms with Crippen LogP contribution in [0.25, 0.3) is 0 Å². The molecule has 0 aliphatic rings. The summed E-state index contributed by atoms with van der Waals surface area (Å²) in [6.45, 7) is 5.38. The van der Waals surface area contributed by atoms with E-state index < -0.39 is 0 Å². The second-order valence-corrected chi connectivity index (χ2v) is 4.14. The van der Waals surface area contributed by atoms with E-state index in [2.05, 4.69) is 15.3 Å². The van der Waals surface area contributed by atoms with Crippen LogP contribution < -0.4 is 10.1 Å². The van der Waals surface area contributed by atoms with Crippen LogP contribution in [0.2, 0.25) is 0 Å². The van der Waals surface area contributed by atoms with Gasteiger partial charge in [0.25, 0.3) is 0 Å². The minimum absolute atomic E-state index is 0.281. The molecule has 0 radical (unpaired) electrons. The van der Waals surface area contributed by atoms with Gasteiger partial charge in [-0.2, -0.15) is 0 Å². The van der Waals surface area contributed by atoms with Crippen molar-refractivity contribution in [3.05, 3.63) is 47.7 Å². The molecule has 1 heterocycles. The maximum Gasteiger partial charge on any atom is 0.237 e. The number of hydrogen-bond acceptors (Lipinski definition) is 4. The van der Waals surface area contributed by atoms with Gasteiger partial charge < -0.3 is 10.1 Å². The molecule has 2 rings (SSSR count). The molecule has 0 saturated heterocycles. The maximum absolute atomic E-state index is 13.0. The number of hydrogen-bond donors (Lipinski definition) is 1. The average Bonchev–Trinajstić information content (AvgIpc) is 2.41. The first-order valence-corrected chi connectivity index (χ1v) is 6.14. The molecule has 5 heteroatoms. The lowest BCUT2D eigenvalue weighted by Crippen LogP contribution is -2.13. The number of aromatic nitrogens is 2. The summed E-state index contributed by atoms with van der Waals surface area (Å²) in [5.41, 5.74) is 1.57. The molecule has 0 amide bonds. The van der Waals surface area contributed by atoms with Gasteiger partial charge in [-0.25, -0.2) is 9.37 Å². The van der Waals surface area contributed by atoms with E-state index in [4.69, 9.17) is 4.74 Å². The van der Waals surface area contributed by atoms with E-state index in [9.17, 15) is 4.39 Å². The van der Waals surface area contributed by atoms with Gasteiger partial charge in [0.15, 0.2) is 0 Å². The van der Waals surface area contributed by atoms with Crippen LogP contribution in [-0.2, 0) is 6.54 Å². The smallest absolute Gasteiger partial charge is 0.237 e. The van der Waals surface area contributed by atoms with Crippen molar-refractivity contribution < 1.29 is 9.13 Å². The quantitative estimate of drug-likeness (QED) is 0.899. The normalized spacial score (nSPS) is 10.5. The van der Waals surface area contributed by atoms with E-state index in [0.717, 1.165) is 17.8 Å². The van der Waals surface area contributed by atoms with E-state index in [1.54, 1.807) is 25.4 Å². The van der Waals surface area contributed by atoms with E-state index >= 15 is 0 Å². The minimum Gasteiger partial charge on any atom is -0.437 e. The van der Waals surface area contributed by atoms with Gasteiger partial charge in [-0.05, 0) is 37.2 Å². The van der Waals surface area contributed by atoms with E-state index in [1.807, 2.05) is 6.92 Å². The van der Waals surface area contributed by atoms with Gasteiger partial charge in [-0.15, -0.1) is 0 Å². The molecule has 1 N–H and O–H groups in total. The van der Waals surface area contributed by atoms with Crippen LogP contribution in [0.15, 0.2) is 30.6 Å². The molecular formula is C14H16FN3O. The third-order valence-electron chi connectivity index (χ3n) is 2.59. The first kappa shape index (κ1) is 13.4. The number of benzene rings is 1. The van der Waals surface area contributed by atoms with Crippen LogP contribution in [0, 0.1) is 12.7 Å². The average molecular weight is 261 g/mol. The molecule has 100 valence electrons. The fraction of sp³-hybridized carbons (Fsp3) is 0.286. The monoisotopic (exact) mass is 261 g/mol. The zero-order chi connectivity index (χ0) is 13.7.